The van der Waals surface area contributed by atoms with Gasteiger partial charge in [0.25, 0.3) is 5.91 Å². The van der Waals surface area contributed by atoms with Crippen LogP contribution >= 0.6 is 34.7 Å². The highest BCUT2D eigenvalue weighted by Gasteiger charge is 2.26. The molecule has 0 radical (unpaired) electrons. The van der Waals surface area contributed by atoms with Gasteiger partial charge in [-0.3, -0.25) is 14.4 Å². The molecule has 1 heterocycles. The standard InChI is InChI=1S/C19H23ClN4O4S2.C2H6/c1-11-5-6-14(13(20)9-11)21-17(24(3)10-26)15(18(27)23-28-8-7-25)16-12(2)30-19(22-16)29-4;1-2/h5-6,9-10,21,25H,7-8H2,1-4H3,(H,23,27);1-2H3/b17-15+;. The molecule has 0 atom stereocenters. The Kier molecular flexibility index (Phi) is 12.3. The highest BCUT2D eigenvalue weighted by molar-refractivity contribution is 8.00. The van der Waals surface area contributed by atoms with Crippen LogP contribution < -0.4 is 10.8 Å². The second-order valence-electron chi connectivity index (χ2n) is 6.14. The number of rotatable bonds is 10. The maximum Gasteiger partial charge on any atom is 0.280 e. The van der Waals surface area contributed by atoms with E-state index in [4.69, 9.17) is 21.5 Å². The first kappa shape index (κ1) is 27.9. The Morgan fingerprint density at radius 3 is 2.59 bits per heavy atom. The van der Waals surface area contributed by atoms with Crippen LogP contribution in [0, 0.1) is 13.8 Å². The van der Waals surface area contributed by atoms with Gasteiger partial charge in [0.15, 0.2) is 4.34 Å². The highest BCUT2D eigenvalue weighted by Crippen LogP contribution is 2.33. The van der Waals surface area contributed by atoms with Gasteiger partial charge in [0, 0.05) is 11.9 Å². The van der Waals surface area contributed by atoms with E-state index in [1.165, 1.54) is 35.0 Å². The summed E-state index contributed by atoms with van der Waals surface area (Å²) in [4.78, 5) is 36.2. The fraction of sp³-hybridized carbons (Fsp3) is 0.381. The second-order valence-corrected chi connectivity index (χ2v) is 8.80. The normalized spacial score (nSPS) is 11.1. The second kappa shape index (κ2) is 14.1. The van der Waals surface area contributed by atoms with Gasteiger partial charge < -0.3 is 15.3 Å². The number of carbonyl (C=O) groups excluding carboxylic acids is 2. The van der Waals surface area contributed by atoms with Gasteiger partial charge in [0.1, 0.15) is 11.4 Å². The number of halogens is 1. The van der Waals surface area contributed by atoms with Crippen LogP contribution in [0.2, 0.25) is 5.02 Å². The van der Waals surface area contributed by atoms with E-state index in [0.29, 0.717) is 22.8 Å². The van der Waals surface area contributed by atoms with E-state index in [1.807, 2.05) is 40.0 Å². The van der Waals surface area contributed by atoms with Crippen molar-refractivity contribution in [1.29, 1.82) is 0 Å². The van der Waals surface area contributed by atoms with Gasteiger partial charge in [-0.2, -0.15) is 0 Å². The summed E-state index contributed by atoms with van der Waals surface area (Å²) in [5.41, 5.74) is 4.29. The predicted octanol–water partition coefficient (Wildman–Crippen LogP) is 4.07. The molecule has 3 N–H and O–H groups in total. The zero-order valence-electron chi connectivity index (χ0n) is 19.0. The van der Waals surface area contributed by atoms with Gasteiger partial charge in [-0.1, -0.05) is 43.3 Å². The lowest BCUT2D eigenvalue weighted by Crippen LogP contribution is -2.32. The Morgan fingerprint density at radius 1 is 1.38 bits per heavy atom. The first-order valence-corrected chi connectivity index (χ1v) is 12.2. The molecule has 0 aliphatic rings. The van der Waals surface area contributed by atoms with Crippen molar-refractivity contribution < 1.29 is 19.5 Å². The number of hydroxylamine groups is 1. The van der Waals surface area contributed by atoms with E-state index in [2.05, 4.69) is 15.8 Å². The quantitative estimate of drug-likeness (QED) is 0.148. The summed E-state index contributed by atoms with van der Waals surface area (Å²) in [7, 11) is 1.51. The largest absolute Gasteiger partial charge is 0.394 e. The molecule has 0 unspecified atom stereocenters. The number of benzene rings is 1. The first-order valence-electron chi connectivity index (χ1n) is 9.82. The maximum absolute atomic E-state index is 13.0. The molecule has 2 aromatic rings. The van der Waals surface area contributed by atoms with Gasteiger partial charge in [0.05, 0.1) is 29.6 Å². The summed E-state index contributed by atoms with van der Waals surface area (Å²) in [6.45, 7) is 7.40. The average molecular weight is 501 g/mol. The number of nitrogens with zero attached hydrogens (tertiary/aromatic N) is 2. The summed E-state index contributed by atoms with van der Waals surface area (Å²) in [6.07, 6.45) is 2.46. The number of aryl methyl sites for hydroxylation is 2. The van der Waals surface area contributed by atoms with Crippen molar-refractivity contribution in [2.75, 3.05) is 31.8 Å². The number of carbonyl (C=O) groups is 2. The third kappa shape index (κ3) is 7.49. The Bertz CT molecular complexity index is 950. The summed E-state index contributed by atoms with van der Waals surface area (Å²) in [5, 5.41) is 12.4. The molecule has 0 bridgehead atoms. The van der Waals surface area contributed by atoms with Crippen molar-refractivity contribution in [2.45, 2.75) is 32.0 Å². The molecule has 0 saturated carbocycles. The SMILES string of the molecule is CC.CSc1nc(/C(C(=O)NOCCO)=C(/Nc2ccc(C)cc2Cl)N(C)C=O)c(C)s1. The molecule has 2 amide bonds. The van der Waals surface area contributed by atoms with E-state index in [0.717, 1.165) is 14.8 Å². The van der Waals surface area contributed by atoms with E-state index in [9.17, 15) is 9.59 Å². The van der Waals surface area contributed by atoms with Crippen LogP contribution in [0.5, 0.6) is 0 Å². The van der Waals surface area contributed by atoms with Gasteiger partial charge in [-0.25, -0.2) is 10.5 Å². The number of aliphatic hydroxyl groups excluding tert-OH is 1. The Morgan fingerprint density at radius 2 is 2.06 bits per heavy atom. The van der Waals surface area contributed by atoms with Crippen LogP contribution in [0.25, 0.3) is 5.57 Å². The van der Waals surface area contributed by atoms with Crippen molar-refractivity contribution in [1.82, 2.24) is 15.4 Å². The van der Waals surface area contributed by atoms with Gasteiger partial charge in [-0.05, 0) is 37.8 Å². The molecule has 176 valence electrons. The summed E-state index contributed by atoms with van der Waals surface area (Å²) < 4.78 is 0.769. The molecule has 2 rings (SSSR count). The van der Waals surface area contributed by atoms with E-state index >= 15 is 0 Å². The molecular formula is C21H29ClN4O4S2. The molecule has 0 fully saturated rings. The average Bonchev–Trinajstić information content (AvgIpc) is 3.16. The molecule has 0 spiro atoms. The maximum atomic E-state index is 13.0. The third-order valence-corrected chi connectivity index (χ3v) is 6.17. The lowest BCUT2D eigenvalue weighted by atomic mass is 10.1. The van der Waals surface area contributed by atoms with E-state index in [-0.39, 0.29) is 24.6 Å². The molecule has 0 aliphatic carbocycles. The summed E-state index contributed by atoms with van der Waals surface area (Å²) in [5.74, 6) is -0.439. The number of thiazole rings is 1. The predicted molar refractivity (Wildman–Crippen MR) is 132 cm³/mol. The van der Waals surface area contributed by atoms with Crippen molar-refractivity contribution in [3.8, 4) is 0 Å². The molecule has 0 aliphatic heterocycles. The Balaban J connectivity index is 0.00000249. The monoisotopic (exact) mass is 500 g/mol. The lowest BCUT2D eigenvalue weighted by Gasteiger charge is -2.22. The van der Waals surface area contributed by atoms with Crippen molar-refractivity contribution >= 4 is 58.3 Å². The zero-order chi connectivity index (χ0) is 24.3. The van der Waals surface area contributed by atoms with Crippen LogP contribution in [0.4, 0.5) is 5.69 Å². The molecule has 11 heteroatoms. The first-order chi connectivity index (χ1) is 15.3. The molecule has 1 aromatic carbocycles. The molecular weight excluding hydrogens is 472 g/mol. The van der Waals surface area contributed by atoms with E-state index < -0.39 is 5.91 Å². The van der Waals surface area contributed by atoms with Crippen LogP contribution in [-0.2, 0) is 14.4 Å². The van der Waals surface area contributed by atoms with Crippen LogP contribution in [0.3, 0.4) is 0 Å². The number of hydrogen-bond acceptors (Lipinski definition) is 8. The minimum Gasteiger partial charge on any atom is -0.394 e. The zero-order valence-corrected chi connectivity index (χ0v) is 21.4. The topological polar surface area (TPSA) is 104 Å². The van der Waals surface area contributed by atoms with Crippen LogP contribution in [-0.4, -0.2) is 53.8 Å². The fourth-order valence-corrected chi connectivity index (χ4v) is 4.28. The molecule has 8 nitrogen and oxygen atoms in total. The van der Waals surface area contributed by atoms with Crippen LogP contribution in [0.15, 0.2) is 28.4 Å². The number of thioether (sulfide) groups is 1. The number of aliphatic hydroxyl groups is 1. The van der Waals surface area contributed by atoms with Gasteiger partial charge in [-0.15, -0.1) is 11.3 Å². The molecule has 0 saturated heterocycles. The minimum atomic E-state index is -0.621. The summed E-state index contributed by atoms with van der Waals surface area (Å²) in [6, 6.07) is 5.39. The number of amides is 2. The minimum absolute atomic E-state index is 0.0821. The Labute approximate surface area is 202 Å². The van der Waals surface area contributed by atoms with Crippen LogP contribution in [0.1, 0.15) is 30.0 Å². The summed E-state index contributed by atoms with van der Waals surface area (Å²) >= 11 is 9.24. The van der Waals surface area contributed by atoms with E-state index in [1.54, 1.807) is 12.1 Å². The van der Waals surface area contributed by atoms with Gasteiger partial charge >= 0.3 is 0 Å². The van der Waals surface area contributed by atoms with Gasteiger partial charge in [0.2, 0.25) is 6.41 Å². The number of hydrogen-bond donors (Lipinski definition) is 3. The lowest BCUT2D eigenvalue weighted by molar-refractivity contribution is -0.128. The number of anilines is 1. The van der Waals surface area contributed by atoms with Crippen molar-refractivity contribution in [3.63, 3.8) is 0 Å². The number of aromatic nitrogens is 1. The smallest absolute Gasteiger partial charge is 0.280 e. The molecule has 32 heavy (non-hydrogen) atoms. The fourth-order valence-electron chi connectivity index (χ4n) is 2.46. The Hall–Kier alpha value is -2.11. The van der Waals surface area contributed by atoms with Crippen molar-refractivity contribution in [2.24, 2.45) is 0 Å². The number of nitrogens with one attached hydrogen (secondary N) is 2. The highest BCUT2D eigenvalue weighted by atomic mass is 35.5. The molecule has 1 aromatic heterocycles. The van der Waals surface area contributed by atoms with Crippen molar-refractivity contribution in [3.05, 3.63) is 45.2 Å². The third-order valence-electron chi connectivity index (χ3n) is 3.90.